The van der Waals surface area contributed by atoms with E-state index in [1.807, 2.05) is 0 Å². The van der Waals surface area contributed by atoms with Crippen LogP contribution in [0.2, 0.25) is 0 Å². The third-order valence-corrected chi connectivity index (χ3v) is 3.30. The summed E-state index contributed by atoms with van der Waals surface area (Å²) in [6, 6.07) is 4.63. The molecule has 0 bridgehead atoms. The molecule has 0 fully saturated rings. The number of nitrogens with two attached hydrogens (primary N) is 1. The van der Waals surface area contributed by atoms with Crippen molar-refractivity contribution in [2.45, 2.75) is 13.8 Å². The van der Waals surface area contributed by atoms with Gasteiger partial charge in [-0.25, -0.2) is 13.7 Å². The number of sulfonamides is 1. The average Bonchev–Trinajstić information content (AvgIpc) is 2.23. The predicted octanol–water partition coefficient (Wildman–Crippen LogP) is 0.813. The zero-order valence-corrected chi connectivity index (χ0v) is 10.4. The van der Waals surface area contributed by atoms with E-state index in [9.17, 15) is 13.2 Å². The van der Waals surface area contributed by atoms with E-state index >= 15 is 0 Å². The molecule has 7 heteroatoms. The summed E-state index contributed by atoms with van der Waals surface area (Å²) in [4.78, 5) is 10.9. The summed E-state index contributed by atoms with van der Waals surface area (Å²) >= 11 is 0. The van der Waals surface area contributed by atoms with Gasteiger partial charge in [0.1, 0.15) is 0 Å². The van der Waals surface area contributed by atoms with Crippen molar-refractivity contribution in [1.29, 1.82) is 0 Å². The van der Waals surface area contributed by atoms with E-state index in [4.69, 9.17) is 5.73 Å². The highest BCUT2D eigenvalue weighted by molar-refractivity contribution is 7.92. The van der Waals surface area contributed by atoms with Crippen LogP contribution >= 0.6 is 0 Å². The smallest absolute Gasteiger partial charge is 0.243 e. The first-order valence-corrected chi connectivity index (χ1v) is 6.62. The van der Waals surface area contributed by atoms with Crippen LogP contribution in [0.5, 0.6) is 0 Å². The number of rotatable bonds is 4. The van der Waals surface area contributed by atoms with Gasteiger partial charge in [-0.2, -0.15) is 0 Å². The van der Waals surface area contributed by atoms with E-state index in [1.54, 1.807) is 12.1 Å². The molecule has 0 aromatic heterocycles. The molecule has 1 aromatic rings. The molecule has 6 nitrogen and oxygen atoms in total. The molecule has 0 saturated heterocycles. The Morgan fingerprint density at radius 2 is 2.12 bits per heavy atom. The van der Waals surface area contributed by atoms with Crippen molar-refractivity contribution in [2.75, 3.05) is 16.2 Å². The van der Waals surface area contributed by atoms with Gasteiger partial charge in [-0.05, 0) is 19.1 Å². The zero-order chi connectivity index (χ0) is 13.1. The zero-order valence-electron chi connectivity index (χ0n) is 9.60. The average molecular weight is 256 g/mol. The maximum atomic E-state index is 11.4. The van der Waals surface area contributed by atoms with Crippen molar-refractivity contribution in [3.05, 3.63) is 18.2 Å². The molecule has 1 aromatic carbocycles. The van der Waals surface area contributed by atoms with Gasteiger partial charge in [-0.15, -0.1) is 0 Å². The number of carbonyl (C=O) groups excluding carboxylic acids is 1. The highest BCUT2D eigenvalue weighted by atomic mass is 32.2. The Kier molecular flexibility index (Phi) is 3.95. The van der Waals surface area contributed by atoms with Gasteiger partial charge in [-0.1, -0.05) is 6.07 Å². The van der Waals surface area contributed by atoms with Gasteiger partial charge in [0, 0.05) is 6.92 Å². The Morgan fingerprint density at radius 3 is 2.65 bits per heavy atom. The molecule has 0 atom stereocenters. The van der Waals surface area contributed by atoms with Crippen LogP contribution in [0, 0.1) is 0 Å². The summed E-state index contributed by atoms with van der Waals surface area (Å²) in [5.74, 6) is -0.451. The lowest BCUT2D eigenvalue weighted by Crippen LogP contribution is -2.16. The Morgan fingerprint density at radius 1 is 1.47 bits per heavy atom. The van der Waals surface area contributed by atoms with Crippen LogP contribution < -0.4 is 15.8 Å². The van der Waals surface area contributed by atoms with E-state index < -0.39 is 15.9 Å². The number of amides is 1. The number of hydrogen-bond acceptors (Lipinski definition) is 4. The molecule has 0 saturated carbocycles. The molecule has 1 amide bonds. The second kappa shape index (κ2) is 5.05. The molecule has 3 N–H and O–H groups in total. The molecule has 0 unspecified atom stereocenters. The number of nitrogens with one attached hydrogen (secondary N) is 1. The third-order valence-electron chi connectivity index (χ3n) is 2.01. The fourth-order valence-electron chi connectivity index (χ4n) is 1.15. The van der Waals surface area contributed by atoms with Gasteiger partial charge >= 0.3 is 0 Å². The number of carbonyl (C=O) groups is 1. The third kappa shape index (κ3) is 3.63. The molecule has 0 spiro atoms. The Balaban J connectivity index is 3.06. The molecule has 0 aliphatic carbocycles. The lowest BCUT2D eigenvalue weighted by molar-refractivity contribution is -0.118. The van der Waals surface area contributed by atoms with Gasteiger partial charge in [0.25, 0.3) is 0 Å². The summed E-state index contributed by atoms with van der Waals surface area (Å²) in [7, 11) is -3.40. The molecule has 1 radical (unpaired) electrons. The number of para-hydroxylation sites is 1. The maximum absolute atomic E-state index is 11.4. The topological polar surface area (TPSA) is 103 Å². The van der Waals surface area contributed by atoms with Gasteiger partial charge in [-0.3, -0.25) is 9.52 Å². The molecule has 17 heavy (non-hydrogen) atoms. The predicted molar refractivity (Wildman–Crippen MR) is 66.4 cm³/mol. The Bertz CT molecular complexity index is 526. The monoisotopic (exact) mass is 256 g/mol. The fourth-order valence-corrected chi connectivity index (χ4v) is 1.81. The van der Waals surface area contributed by atoms with Crippen LogP contribution in [0.3, 0.4) is 0 Å². The first-order valence-electron chi connectivity index (χ1n) is 4.97. The number of anilines is 2. The standard InChI is InChI=1S/C10H14N3O3S/c1-3-17(15,16)13-9-6-4-5-8(10(9)11)12-7(2)14/h4-6,13H,3,11H2,1-2H3. The van der Waals surface area contributed by atoms with Crippen LogP contribution in [0.15, 0.2) is 18.2 Å². The molecule has 93 valence electrons. The maximum Gasteiger partial charge on any atom is 0.243 e. The van der Waals surface area contributed by atoms with Crippen LogP contribution in [-0.2, 0) is 14.8 Å². The van der Waals surface area contributed by atoms with Crippen molar-refractivity contribution >= 4 is 33.0 Å². The van der Waals surface area contributed by atoms with Crippen molar-refractivity contribution < 1.29 is 13.2 Å². The van der Waals surface area contributed by atoms with Crippen molar-refractivity contribution in [2.24, 2.45) is 0 Å². The molecule has 1 rings (SSSR count). The fraction of sp³-hybridized carbons (Fsp3) is 0.300. The quantitative estimate of drug-likeness (QED) is 0.778. The van der Waals surface area contributed by atoms with Crippen LogP contribution in [0.1, 0.15) is 13.8 Å². The SMILES string of the molecule is CCS(=O)(=O)Nc1cccc([N]C(C)=O)c1N. The Labute approximate surface area is 100 Å². The van der Waals surface area contributed by atoms with E-state index in [0.717, 1.165) is 0 Å². The summed E-state index contributed by atoms with van der Waals surface area (Å²) < 4.78 is 25.1. The number of nitrogen functional groups attached to an aromatic ring is 1. The molecule has 0 heterocycles. The van der Waals surface area contributed by atoms with Gasteiger partial charge < -0.3 is 5.73 Å². The van der Waals surface area contributed by atoms with Gasteiger partial charge in [0.2, 0.25) is 15.9 Å². The highest BCUT2D eigenvalue weighted by Gasteiger charge is 2.12. The van der Waals surface area contributed by atoms with Gasteiger partial charge in [0.05, 0.1) is 22.8 Å². The first-order chi connectivity index (χ1) is 7.85. The first kappa shape index (κ1) is 13.3. The van der Waals surface area contributed by atoms with E-state index in [-0.39, 0.29) is 22.8 Å². The van der Waals surface area contributed by atoms with Crippen LogP contribution in [0.25, 0.3) is 0 Å². The van der Waals surface area contributed by atoms with Crippen molar-refractivity contribution in [1.82, 2.24) is 5.32 Å². The summed E-state index contributed by atoms with van der Waals surface area (Å²) in [6.07, 6.45) is 0. The number of nitrogens with zero attached hydrogens (tertiary/aromatic N) is 1. The van der Waals surface area contributed by atoms with E-state index in [1.165, 1.54) is 19.9 Å². The molecule has 0 aliphatic heterocycles. The lowest BCUT2D eigenvalue weighted by Gasteiger charge is -2.11. The summed E-state index contributed by atoms with van der Waals surface area (Å²) in [5, 5.41) is 3.68. The van der Waals surface area contributed by atoms with Crippen molar-refractivity contribution in [3.63, 3.8) is 0 Å². The number of benzene rings is 1. The lowest BCUT2D eigenvalue weighted by atomic mass is 10.2. The number of hydrogen-bond donors (Lipinski definition) is 2. The Hall–Kier alpha value is -1.76. The minimum absolute atomic E-state index is 0.0550. The summed E-state index contributed by atoms with van der Waals surface area (Å²) in [6.45, 7) is 2.81. The highest BCUT2D eigenvalue weighted by Crippen LogP contribution is 2.28. The second-order valence-electron chi connectivity index (χ2n) is 3.37. The minimum atomic E-state index is -3.40. The summed E-state index contributed by atoms with van der Waals surface area (Å²) in [5.41, 5.74) is 6.35. The van der Waals surface area contributed by atoms with Crippen LogP contribution in [0.4, 0.5) is 17.1 Å². The largest absolute Gasteiger partial charge is 0.395 e. The van der Waals surface area contributed by atoms with Crippen LogP contribution in [-0.4, -0.2) is 20.1 Å². The van der Waals surface area contributed by atoms with E-state index in [0.29, 0.717) is 0 Å². The van der Waals surface area contributed by atoms with Gasteiger partial charge in [0.15, 0.2) is 0 Å². The molecule has 0 aliphatic rings. The minimum Gasteiger partial charge on any atom is -0.395 e. The molecular formula is C10H14N3O3S. The molecular weight excluding hydrogens is 242 g/mol. The second-order valence-corrected chi connectivity index (χ2v) is 5.39. The normalized spacial score (nSPS) is 10.9. The van der Waals surface area contributed by atoms with Crippen molar-refractivity contribution in [3.8, 4) is 0 Å². The van der Waals surface area contributed by atoms with E-state index in [2.05, 4.69) is 10.0 Å².